The van der Waals surface area contributed by atoms with E-state index >= 15 is 0 Å². The first-order valence-corrected chi connectivity index (χ1v) is 18.2. The zero-order valence-electron chi connectivity index (χ0n) is 17.4. The summed E-state index contributed by atoms with van der Waals surface area (Å²) < 4.78 is 5.99. The van der Waals surface area contributed by atoms with E-state index in [1.54, 1.807) is 3.71 Å². The standard InChI is InChI=1S/C12H10N.3C4H9.Sn/c1-10-6-5-9-13-12(10)11-7-3-2-4-8-11;3*1-3-4-2;/h2-8H,1H3;3*1,3-4H2,2H3;. The average molecular weight is 458 g/mol. The number of nitrogens with zero attached hydrogens (tertiary/aromatic N) is 1. The Morgan fingerprint density at radius 2 is 1.27 bits per heavy atom. The zero-order chi connectivity index (χ0) is 18.8. The SMILES string of the molecule is CCC[CH2][Sn]([CH2]CCC)([CH2]CCC)[c]1ccc(C)c(-c2ccccc2)n1. The minimum absolute atomic E-state index is 1.22. The van der Waals surface area contributed by atoms with Gasteiger partial charge in [-0.2, -0.15) is 0 Å². The van der Waals surface area contributed by atoms with Crippen LogP contribution in [0.2, 0.25) is 13.3 Å². The molecule has 0 spiro atoms. The molecule has 0 unspecified atom stereocenters. The summed E-state index contributed by atoms with van der Waals surface area (Å²) in [5.41, 5.74) is 3.80. The Morgan fingerprint density at radius 3 is 1.77 bits per heavy atom. The number of aryl methyl sites for hydroxylation is 1. The van der Waals surface area contributed by atoms with E-state index in [2.05, 4.69) is 70.2 Å². The molecule has 0 aliphatic heterocycles. The van der Waals surface area contributed by atoms with Crippen molar-refractivity contribution in [3.05, 3.63) is 48.0 Å². The van der Waals surface area contributed by atoms with Crippen molar-refractivity contribution in [3.8, 4) is 11.3 Å². The molecule has 0 bridgehead atoms. The Kier molecular flexibility index (Phi) is 9.18. The fraction of sp³-hybridized carbons (Fsp3) is 0.542. The van der Waals surface area contributed by atoms with Crippen LogP contribution in [0.5, 0.6) is 0 Å². The summed E-state index contributed by atoms with van der Waals surface area (Å²) in [6, 6.07) is 15.5. The van der Waals surface area contributed by atoms with Crippen LogP contribution in [0.25, 0.3) is 11.3 Å². The molecule has 26 heavy (non-hydrogen) atoms. The van der Waals surface area contributed by atoms with Crippen LogP contribution in [-0.4, -0.2) is 23.4 Å². The third-order valence-electron chi connectivity index (χ3n) is 5.71. The number of hydrogen-bond donors (Lipinski definition) is 0. The Labute approximate surface area is 165 Å². The summed E-state index contributed by atoms with van der Waals surface area (Å²) in [4.78, 5) is 5.37. The second kappa shape index (κ2) is 11.1. The van der Waals surface area contributed by atoms with Crippen molar-refractivity contribution in [1.29, 1.82) is 0 Å². The van der Waals surface area contributed by atoms with Crippen LogP contribution in [-0.2, 0) is 0 Å². The maximum absolute atomic E-state index is 5.37. The van der Waals surface area contributed by atoms with Gasteiger partial charge in [0.15, 0.2) is 0 Å². The van der Waals surface area contributed by atoms with Crippen LogP contribution in [0.15, 0.2) is 42.5 Å². The minimum atomic E-state index is -2.45. The van der Waals surface area contributed by atoms with E-state index in [1.165, 1.54) is 68.7 Å². The van der Waals surface area contributed by atoms with Gasteiger partial charge in [0.25, 0.3) is 0 Å². The van der Waals surface area contributed by atoms with Gasteiger partial charge < -0.3 is 0 Å². The normalized spacial score (nSPS) is 11.7. The topological polar surface area (TPSA) is 12.9 Å². The molecule has 2 rings (SSSR count). The van der Waals surface area contributed by atoms with Gasteiger partial charge in [0.1, 0.15) is 0 Å². The predicted octanol–water partition coefficient (Wildman–Crippen LogP) is 7.11. The van der Waals surface area contributed by atoms with Crippen LogP contribution < -0.4 is 3.71 Å². The molecule has 1 nitrogen and oxygen atoms in total. The molecule has 0 saturated carbocycles. The molecule has 0 aliphatic carbocycles. The van der Waals surface area contributed by atoms with Crippen LogP contribution in [0.1, 0.15) is 64.9 Å². The molecule has 0 radical (unpaired) electrons. The van der Waals surface area contributed by atoms with Gasteiger partial charge in [0.05, 0.1) is 0 Å². The third kappa shape index (κ3) is 5.58. The molecule has 2 aromatic rings. The van der Waals surface area contributed by atoms with E-state index in [1.807, 2.05) is 0 Å². The molecule has 0 saturated heterocycles. The quantitative estimate of drug-likeness (QED) is 0.327. The Bertz CT molecular complexity index is 629. The fourth-order valence-corrected chi connectivity index (χ4v) is 19.4. The van der Waals surface area contributed by atoms with Crippen molar-refractivity contribution >= 4 is 22.1 Å². The van der Waals surface area contributed by atoms with Crippen molar-refractivity contribution in [2.45, 2.75) is 79.5 Å². The van der Waals surface area contributed by atoms with Gasteiger partial charge in [-0.05, 0) is 0 Å². The average Bonchev–Trinajstić information content (AvgIpc) is 2.69. The second-order valence-electron chi connectivity index (χ2n) is 7.82. The Hall–Kier alpha value is -0.831. The predicted molar refractivity (Wildman–Crippen MR) is 119 cm³/mol. The van der Waals surface area contributed by atoms with E-state index in [9.17, 15) is 0 Å². The first-order valence-electron chi connectivity index (χ1n) is 10.7. The van der Waals surface area contributed by atoms with Gasteiger partial charge in [-0.25, -0.2) is 0 Å². The van der Waals surface area contributed by atoms with E-state index < -0.39 is 18.4 Å². The second-order valence-corrected chi connectivity index (χ2v) is 20.9. The van der Waals surface area contributed by atoms with Gasteiger partial charge >= 0.3 is 166 Å². The van der Waals surface area contributed by atoms with E-state index in [4.69, 9.17) is 4.98 Å². The van der Waals surface area contributed by atoms with Crippen molar-refractivity contribution in [1.82, 2.24) is 4.98 Å². The summed E-state index contributed by atoms with van der Waals surface area (Å²) in [7, 11) is 0. The molecule has 1 aromatic heterocycles. The van der Waals surface area contributed by atoms with Crippen molar-refractivity contribution in [3.63, 3.8) is 0 Å². The Morgan fingerprint density at radius 1 is 0.731 bits per heavy atom. The van der Waals surface area contributed by atoms with Gasteiger partial charge in [0.2, 0.25) is 0 Å². The molecule has 0 amide bonds. The monoisotopic (exact) mass is 459 g/mol. The molecule has 0 aliphatic rings. The number of rotatable bonds is 11. The number of aromatic nitrogens is 1. The maximum atomic E-state index is 5.37. The molecule has 1 aromatic carbocycles. The van der Waals surface area contributed by atoms with Crippen molar-refractivity contribution < 1.29 is 0 Å². The van der Waals surface area contributed by atoms with Crippen molar-refractivity contribution in [2.75, 3.05) is 0 Å². The molecule has 1 heterocycles. The van der Waals surface area contributed by atoms with E-state index in [0.717, 1.165) is 0 Å². The molecule has 2 heteroatoms. The van der Waals surface area contributed by atoms with Crippen molar-refractivity contribution in [2.24, 2.45) is 0 Å². The van der Waals surface area contributed by atoms with Crippen LogP contribution in [0.4, 0.5) is 0 Å². The first kappa shape index (κ1) is 21.5. The summed E-state index contributed by atoms with van der Waals surface area (Å²) >= 11 is -2.45. The molecule has 0 atom stereocenters. The summed E-state index contributed by atoms with van der Waals surface area (Å²) in [6.45, 7) is 9.23. The number of benzene rings is 1. The number of pyridine rings is 1. The molecular weight excluding hydrogens is 421 g/mol. The van der Waals surface area contributed by atoms with Crippen LogP contribution >= 0.6 is 0 Å². The fourth-order valence-electron chi connectivity index (χ4n) is 4.02. The number of hydrogen-bond acceptors (Lipinski definition) is 1. The zero-order valence-corrected chi connectivity index (χ0v) is 20.2. The molecule has 0 fully saturated rings. The number of unbranched alkanes of at least 4 members (excludes halogenated alkanes) is 3. The van der Waals surface area contributed by atoms with Crippen LogP contribution in [0.3, 0.4) is 0 Å². The van der Waals surface area contributed by atoms with Gasteiger partial charge in [-0.1, -0.05) is 0 Å². The third-order valence-corrected chi connectivity index (χ3v) is 20.8. The van der Waals surface area contributed by atoms with E-state index in [0.29, 0.717) is 0 Å². The summed E-state index contributed by atoms with van der Waals surface area (Å²) in [5, 5.41) is 0. The Balaban J connectivity index is 2.48. The van der Waals surface area contributed by atoms with Gasteiger partial charge in [-0.3, -0.25) is 0 Å². The van der Waals surface area contributed by atoms with E-state index in [-0.39, 0.29) is 0 Å². The van der Waals surface area contributed by atoms with Gasteiger partial charge in [0, 0.05) is 0 Å². The van der Waals surface area contributed by atoms with Crippen LogP contribution in [0, 0.1) is 6.92 Å². The van der Waals surface area contributed by atoms with Gasteiger partial charge in [-0.15, -0.1) is 0 Å². The summed E-state index contributed by atoms with van der Waals surface area (Å²) in [5.74, 6) is 0. The molecule has 142 valence electrons. The summed E-state index contributed by atoms with van der Waals surface area (Å²) in [6.07, 6.45) is 8.11. The molecular formula is C24H37NSn. The first-order chi connectivity index (χ1) is 12.7. The molecule has 0 N–H and O–H groups in total.